The van der Waals surface area contributed by atoms with E-state index in [1.807, 2.05) is 0 Å². The quantitative estimate of drug-likeness (QED) is 0.357. The highest BCUT2D eigenvalue weighted by molar-refractivity contribution is 8.27. The van der Waals surface area contributed by atoms with Crippen molar-refractivity contribution in [1.82, 2.24) is 10.3 Å². The number of nitrogens with one attached hydrogen (secondary N) is 1. The van der Waals surface area contributed by atoms with Gasteiger partial charge in [-0.1, -0.05) is 0 Å². The molecule has 0 saturated heterocycles. The molecule has 1 heterocycles. The highest BCUT2D eigenvalue weighted by atomic mass is 32.9. The van der Waals surface area contributed by atoms with E-state index in [4.69, 9.17) is 9.29 Å². The second-order valence-electron chi connectivity index (χ2n) is 3.81. The number of nitrogens with zero attached hydrogens (tertiary/aromatic N) is 2. The Balaban J connectivity index is 2.08. The van der Waals surface area contributed by atoms with Crippen molar-refractivity contribution in [1.29, 1.82) is 0 Å². The lowest BCUT2D eigenvalue weighted by Gasteiger charge is -2.06. The summed E-state index contributed by atoms with van der Waals surface area (Å²) >= 11 is 4.15. The van der Waals surface area contributed by atoms with Crippen molar-refractivity contribution in [2.75, 3.05) is 26.3 Å². The van der Waals surface area contributed by atoms with Gasteiger partial charge < -0.3 is 10.1 Å². The van der Waals surface area contributed by atoms with Gasteiger partial charge >= 0.3 is 0 Å². The van der Waals surface area contributed by atoms with E-state index < -0.39 is 14.0 Å². The van der Waals surface area contributed by atoms with Gasteiger partial charge in [0.2, 0.25) is 5.88 Å². The minimum Gasteiger partial charge on any atom is -0.478 e. The SMILES string of the molecule is O=[N+]([O-])c1ccc(OCCCNCCOS(=O)(O)=S)nc1. The Kier molecular flexibility index (Phi) is 7.39. The predicted molar refractivity (Wildman–Crippen MR) is 78.0 cm³/mol. The maximum atomic E-state index is 10.6. The highest BCUT2D eigenvalue weighted by Gasteiger charge is 2.05. The second-order valence-corrected chi connectivity index (χ2v) is 6.17. The van der Waals surface area contributed by atoms with Crippen molar-refractivity contribution >= 4 is 25.9 Å². The van der Waals surface area contributed by atoms with Gasteiger partial charge in [0, 0.05) is 29.9 Å². The molecule has 0 aliphatic carbocycles. The number of pyridine rings is 1. The molecular weight excluding hydrogens is 322 g/mol. The van der Waals surface area contributed by atoms with E-state index in [0.717, 1.165) is 6.20 Å². The lowest BCUT2D eigenvalue weighted by molar-refractivity contribution is -0.385. The average Bonchev–Trinajstić information content (AvgIpc) is 2.41. The minimum absolute atomic E-state index is 0.0452. The summed E-state index contributed by atoms with van der Waals surface area (Å²) in [7, 11) is -3.55. The van der Waals surface area contributed by atoms with Crippen LogP contribution in [-0.2, 0) is 24.4 Å². The van der Waals surface area contributed by atoms with Crippen LogP contribution in [0.1, 0.15) is 6.42 Å². The fourth-order valence-electron chi connectivity index (χ4n) is 1.28. The van der Waals surface area contributed by atoms with Crippen LogP contribution in [0.2, 0.25) is 0 Å². The van der Waals surface area contributed by atoms with Gasteiger partial charge in [-0.05, 0) is 13.0 Å². The monoisotopic (exact) mass is 337 g/mol. The van der Waals surface area contributed by atoms with Crippen LogP contribution in [0.4, 0.5) is 5.69 Å². The van der Waals surface area contributed by atoms with Gasteiger partial charge in [0.15, 0.2) is 0 Å². The first-order valence-electron chi connectivity index (χ1n) is 5.94. The molecule has 0 aliphatic rings. The molecular formula is C10H15N3O6S2. The number of ether oxygens (including phenoxy) is 1. The van der Waals surface area contributed by atoms with E-state index in [1.54, 1.807) is 0 Å². The number of hydrogen-bond donors (Lipinski definition) is 2. The van der Waals surface area contributed by atoms with Crippen molar-refractivity contribution in [2.24, 2.45) is 0 Å². The zero-order chi connectivity index (χ0) is 15.7. The summed E-state index contributed by atoms with van der Waals surface area (Å²) in [5, 5.41) is 13.4. The van der Waals surface area contributed by atoms with Crippen LogP contribution in [0.15, 0.2) is 18.3 Å². The first-order chi connectivity index (χ1) is 9.88. The number of nitro groups is 1. The second kappa shape index (κ2) is 8.79. The van der Waals surface area contributed by atoms with Crippen LogP contribution in [-0.4, -0.2) is 45.0 Å². The van der Waals surface area contributed by atoms with Crippen LogP contribution >= 0.6 is 0 Å². The van der Waals surface area contributed by atoms with E-state index in [2.05, 4.69) is 25.7 Å². The Morgan fingerprint density at radius 1 is 1.43 bits per heavy atom. The van der Waals surface area contributed by atoms with E-state index >= 15 is 0 Å². The molecule has 0 fully saturated rings. The van der Waals surface area contributed by atoms with Gasteiger partial charge in [-0.2, -0.15) is 4.21 Å². The van der Waals surface area contributed by atoms with Crippen molar-refractivity contribution in [2.45, 2.75) is 6.42 Å². The van der Waals surface area contributed by atoms with Gasteiger partial charge in [0.05, 0.1) is 18.1 Å². The first-order valence-corrected chi connectivity index (χ1v) is 8.31. The smallest absolute Gasteiger partial charge is 0.287 e. The van der Waals surface area contributed by atoms with E-state index in [1.165, 1.54) is 12.1 Å². The van der Waals surface area contributed by atoms with Crippen molar-refractivity contribution in [3.8, 4) is 5.88 Å². The average molecular weight is 337 g/mol. The van der Waals surface area contributed by atoms with Crippen LogP contribution in [0, 0.1) is 10.1 Å². The van der Waals surface area contributed by atoms with Crippen molar-refractivity contribution < 1.29 is 22.6 Å². The molecule has 0 saturated carbocycles. The summed E-state index contributed by atoms with van der Waals surface area (Å²) < 4.78 is 29.0. The normalized spacial score (nSPS) is 13.6. The Labute approximate surface area is 126 Å². The van der Waals surface area contributed by atoms with Gasteiger partial charge in [0.1, 0.15) is 6.20 Å². The molecule has 0 aliphatic heterocycles. The molecule has 1 aromatic rings. The summed E-state index contributed by atoms with van der Waals surface area (Å²) in [4.78, 5) is 13.7. The first kappa shape index (κ1) is 17.7. The van der Waals surface area contributed by atoms with Crippen molar-refractivity contribution in [3.05, 3.63) is 28.4 Å². The maximum absolute atomic E-state index is 10.6. The molecule has 0 aromatic carbocycles. The molecule has 118 valence electrons. The van der Waals surface area contributed by atoms with Crippen LogP contribution in [0.3, 0.4) is 0 Å². The van der Waals surface area contributed by atoms with Gasteiger partial charge in [-0.25, -0.2) is 4.98 Å². The molecule has 1 atom stereocenters. The topological polar surface area (TPSA) is 124 Å². The summed E-state index contributed by atoms with van der Waals surface area (Å²) in [5.41, 5.74) is -0.0915. The molecule has 11 heteroatoms. The predicted octanol–water partition coefficient (Wildman–Crippen LogP) is 0.499. The summed E-state index contributed by atoms with van der Waals surface area (Å²) in [6.45, 7) is 1.43. The van der Waals surface area contributed by atoms with Crippen molar-refractivity contribution in [3.63, 3.8) is 0 Å². The molecule has 9 nitrogen and oxygen atoms in total. The Bertz CT molecular complexity index is 548. The van der Waals surface area contributed by atoms with Gasteiger partial charge in [0.25, 0.3) is 14.7 Å². The lowest BCUT2D eigenvalue weighted by Crippen LogP contribution is -2.23. The van der Waals surface area contributed by atoms with E-state index in [-0.39, 0.29) is 12.3 Å². The lowest BCUT2D eigenvalue weighted by atomic mass is 10.4. The zero-order valence-electron chi connectivity index (χ0n) is 11.0. The molecule has 1 rings (SSSR count). The molecule has 0 spiro atoms. The third-order valence-corrected chi connectivity index (χ3v) is 2.94. The van der Waals surface area contributed by atoms with Crippen LogP contribution < -0.4 is 10.1 Å². The summed E-state index contributed by atoms with van der Waals surface area (Å²) in [6, 6.07) is 2.75. The molecule has 0 radical (unpaired) electrons. The molecule has 1 aromatic heterocycles. The van der Waals surface area contributed by atoms with Crippen LogP contribution in [0.5, 0.6) is 5.88 Å². The molecule has 0 bridgehead atoms. The van der Waals surface area contributed by atoms with Gasteiger partial charge in [-0.15, -0.1) is 0 Å². The van der Waals surface area contributed by atoms with E-state index in [9.17, 15) is 14.3 Å². The van der Waals surface area contributed by atoms with Gasteiger partial charge in [-0.3, -0.25) is 18.9 Å². The molecule has 0 amide bonds. The molecule has 21 heavy (non-hydrogen) atoms. The number of aromatic nitrogens is 1. The maximum Gasteiger partial charge on any atom is 0.287 e. The molecule has 1 unspecified atom stereocenters. The molecule has 2 N–H and O–H groups in total. The Morgan fingerprint density at radius 3 is 2.76 bits per heavy atom. The fourth-order valence-corrected chi connectivity index (χ4v) is 1.78. The Morgan fingerprint density at radius 2 is 2.19 bits per heavy atom. The van der Waals surface area contributed by atoms with E-state index in [0.29, 0.717) is 32.0 Å². The Hall–Kier alpha value is -1.40. The fraction of sp³-hybridized carbons (Fsp3) is 0.500. The third-order valence-electron chi connectivity index (χ3n) is 2.19. The van der Waals surface area contributed by atoms with Crippen LogP contribution in [0.25, 0.3) is 0 Å². The summed E-state index contributed by atoms with van der Waals surface area (Å²) in [5.74, 6) is 0.315. The standard InChI is InChI=1S/C10H15N3O6S2/c14-13(15)9-2-3-10(12-8-9)18-6-1-4-11-5-7-19-21(16,17)20/h2-3,8,11H,1,4-7H2,(H,16,17,20). The largest absolute Gasteiger partial charge is 0.478 e. The zero-order valence-corrected chi connectivity index (χ0v) is 12.6. The summed E-state index contributed by atoms with van der Waals surface area (Å²) in [6.07, 6.45) is 1.80. The highest BCUT2D eigenvalue weighted by Crippen LogP contribution is 2.13. The number of hydrogen-bond acceptors (Lipinski definition) is 8. The third kappa shape index (κ3) is 8.47. The number of rotatable bonds is 10. The minimum atomic E-state index is -3.55.